The quantitative estimate of drug-likeness (QED) is 0.639. The molecule has 0 fully saturated rings. The molecule has 0 amide bonds. The molecule has 0 aliphatic heterocycles. The van der Waals surface area contributed by atoms with Crippen molar-refractivity contribution in [3.8, 4) is 0 Å². The van der Waals surface area contributed by atoms with Crippen LogP contribution < -0.4 is 5.56 Å². The number of nitrogens with zero attached hydrogens (tertiary/aromatic N) is 1. The topological polar surface area (TPSA) is 22.0 Å². The summed E-state index contributed by atoms with van der Waals surface area (Å²) in [5, 5.41) is 0. The maximum Gasteiger partial charge on any atom is 0.253 e. The smallest absolute Gasteiger partial charge is 0.253 e. The van der Waals surface area contributed by atoms with Crippen molar-refractivity contribution in [2.24, 2.45) is 0 Å². The highest BCUT2D eigenvalue weighted by molar-refractivity contribution is 9.10. The van der Waals surface area contributed by atoms with E-state index in [0.29, 0.717) is 0 Å². The van der Waals surface area contributed by atoms with Crippen LogP contribution in [0.15, 0.2) is 21.5 Å². The molecular weight excluding hydrogens is 290 g/mol. The van der Waals surface area contributed by atoms with Gasteiger partial charge in [0.05, 0.1) is 0 Å². The molecule has 3 heteroatoms. The molecule has 0 unspecified atom stereocenters. The van der Waals surface area contributed by atoms with Gasteiger partial charge < -0.3 is 4.57 Å². The number of rotatable bonds is 8. The summed E-state index contributed by atoms with van der Waals surface area (Å²) in [7, 11) is 0. The standard InChI is InChI=1S/C15H24BrNO/c1-3-4-5-6-7-8-9-10-17-12-14(16)11-13(2)15(17)18/h11-12H,3-10H2,1-2H3. The molecule has 18 heavy (non-hydrogen) atoms. The van der Waals surface area contributed by atoms with Gasteiger partial charge in [0, 0.05) is 22.8 Å². The summed E-state index contributed by atoms with van der Waals surface area (Å²) in [5.41, 5.74) is 0.955. The van der Waals surface area contributed by atoms with Crippen LogP contribution in [0.1, 0.15) is 57.4 Å². The zero-order chi connectivity index (χ0) is 13.4. The van der Waals surface area contributed by atoms with Gasteiger partial charge >= 0.3 is 0 Å². The SMILES string of the molecule is CCCCCCCCCn1cc(Br)cc(C)c1=O. The van der Waals surface area contributed by atoms with E-state index in [0.717, 1.165) is 23.0 Å². The minimum Gasteiger partial charge on any atom is -0.314 e. The molecular formula is C15H24BrNO. The fourth-order valence-corrected chi connectivity index (χ4v) is 2.74. The van der Waals surface area contributed by atoms with Gasteiger partial charge in [0.25, 0.3) is 5.56 Å². The molecule has 0 aliphatic carbocycles. The molecule has 1 rings (SSSR count). The largest absolute Gasteiger partial charge is 0.314 e. The summed E-state index contributed by atoms with van der Waals surface area (Å²) in [5.74, 6) is 0. The van der Waals surface area contributed by atoms with Crippen molar-refractivity contribution in [3.05, 3.63) is 32.7 Å². The first-order chi connectivity index (χ1) is 8.65. The highest BCUT2D eigenvalue weighted by Gasteiger charge is 2.01. The molecule has 0 bridgehead atoms. The first kappa shape index (κ1) is 15.5. The zero-order valence-corrected chi connectivity index (χ0v) is 13.1. The molecule has 0 N–H and O–H groups in total. The van der Waals surface area contributed by atoms with E-state index in [1.54, 1.807) is 0 Å². The molecule has 0 aliphatic rings. The third-order valence-corrected chi connectivity index (χ3v) is 3.67. The number of hydrogen-bond acceptors (Lipinski definition) is 1. The lowest BCUT2D eigenvalue weighted by Gasteiger charge is -2.07. The number of aromatic nitrogens is 1. The van der Waals surface area contributed by atoms with Crippen LogP contribution in [0.5, 0.6) is 0 Å². The summed E-state index contributed by atoms with van der Waals surface area (Å²) in [4.78, 5) is 11.9. The summed E-state index contributed by atoms with van der Waals surface area (Å²) in [6.07, 6.45) is 10.8. The predicted molar refractivity (Wildman–Crippen MR) is 81.1 cm³/mol. The molecule has 2 nitrogen and oxygen atoms in total. The molecule has 0 atom stereocenters. The van der Waals surface area contributed by atoms with E-state index in [4.69, 9.17) is 0 Å². The van der Waals surface area contributed by atoms with Gasteiger partial charge in [-0.25, -0.2) is 0 Å². The zero-order valence-electron chi connectivity index (χ0n) is 11.5. The van der Waals surface area contributed by atoms with Crippen molar-refractivity contribution in [3.63, 3.8) is 0 Å². The van der Waals surface area contributed by atoms with E-state index in [1.807, 2.05) is 23.8 Å². The van der Waals surface area contributed by atoms with E-state index in [9.17, 15) is 4.79 Å². The van der Waals surface area contributed by atoms with Crippen LogP contribution in [-0.2, 0) is 6.54 Å². The van der Waals surface area contributed by atoms with Crippen molar-refractivity contribution in [2.45, 2.75) is 65.3 Å². The van der Waals surface area contributed by atoms with E-state index < -0.39 is 0 Å². The Labute approximate surface area is 119 Å². The van der Waals surface area contributed by atoms with Crippen LogP contribution in [0, 0.1) is 6.92 Å². The minimum absolute atomic E-state index is 0.143. The lowest BCUT2D eigenvalue weighted by atomic mass is 10.1. The summed E-state index contributed by atoms with van der Waals surface area (Å²) in [6, 6.07) is 1.88. The Morgan fingerprint density at radius 3 is 2.39 bits per heavy atom. The third-order valence-electron chi connectivity index (χ3n) is 3.23. The molecule has 102 valence electrons. The second-order valence-electron chi connectivity index (χ2n) is 4.96. The van der Waals surface area contributed by atoms with Crippen molar-refractivity contribution in [2.75, 3.05) is 0 Å². The molecule has 0 spiro atoms. The molecule has 1 aromatic rings. The Kier molecular flexibility index (Phi) is 7.33. The Morgan fingerprint density at radius 1 is 1.11 bits per heavy atom. The number of halogens is 1. The van der Waals surface area contributed by atoms with Gasteiger partial charge in [0.1, 0.15) is 0 Å². The van der Waals surface area contributed by atoms with E-state index >= 15 is 0 Å². The first-order valence-electron chi connectivity index (χ1n) is 7.01. The number of pyridine rings is 1. The van der Waals surface area contributed by atoms with Crippen molar-refractivity contribution in [1.82, 2.24) is 4.57 Å². The molecule has 0 saturated carbocycles. The van der Waals surface area contributed by atoms with E-state index in [2.05, 4.69) is 22.9 Å². The first-order valence-corrected chi connectivity index (χ1v) is 7.81. The normalized spacial score (nSPS) is 10.8. The molecule has 1 heterocycles. The second kappa shape index (κ2) is 8.52. The Hall–Kier alpha value is -0.570. The van der Waals surface area contributed by atoms with Crippen LogP contribution in [0.2, 0.25) is 0 Å². The Morgan fingerprint density at radius 2 is 1.72 bits per heavy atom. The minimum atomic E-state index is 0.143. The van der Waals surface area contributed by atoms with Gasteiger partial charge in [-0.15, -0.1) is 0 Å². The predicted octanol–water partition coefficient (Wildman–Crippen LogP) is 4.67. The molecule has 0 saturated heterocycles. The van der Waals surface area contributed by atoms with Crippen LogP contribution in [0.3, 0.4) is 0 Å². The lowest BCUT2D eigenvalue weighted by Crippen LogP contribution is -2.21. The second-order valence-corrected chi connectivity index (χ2v) is 5.88. The van der Waals surface area contributed by atoms with Gasteiger partial charge in [-0.1, -0.05) is 45.4 Å². The van der Waals surface area contributed by atoms with Crippen LogP contribution in [0.25, 0.3) is 0 Å². The fraction of sp³-hybridized carbons (Fsp3) is 0.667. The van der Waals surface area contributed by atoms with Gasteiger partial charge in [0.15, 0.2) is 0 Å². The van der Waals surface area contributed by atoms with E-state index in [-0.39, 0.29) is 5.56 Å². The highest BCUT2D eigenvalue weighted by atomic mass is 79.9. The average molecular weight is 314 g/mol. The maximum absolute atomic E-state index is 11.9. The summed E-state index contributed by atoms with van der Waals surface area (Å²) in [6.45, 7) is 4.95. The monoisotopic (exact) mass is 313 g/mol. The van der Waals surface area contributed by atoms with Crippen molar-refractivity contribution >= 4 is 15.9 Å². The summed E-state index contributed by atoms with van der Waals surface area (Å²) >= 11 is 3.44. The number of hydrogen-bond donors (Lipinski definition) is 0. The van der Waals surface area contributed by atoms with Gasteiger partial charge in [-0.3, -0.25) is 4.79 Å². The number of unbranched alkanes of at least 4 members (excludes halogenated alkanes) is 6. The van der Waals surface area contributed by atoms with Gasteiger partial charge in [0.2, 0.25) is 0 Å². The fourth-order valence-electron chi connectivity index (χ4n) is 2.15. The maximum atomic E-state index is 11.9. The molecule has 0 aromatic carbocycles. The lowest BCUT2D eigenvalue weighted by molar-refractivity contribution is 0.541. The summed E-state index contributed by atoms with van der Waals surface area (Å²) < 4.78 is 2.81. The van der Waals surface area contributed by atoms with Crippen LogP contribution in [0.4, 0.5) is 0 Å². The van der Waals surface area contributed by atoms with E-state index in [1.165, 1.54) is 38.5 Å². The molecule has 0 radical (unpaired) electrons. The van der Waals surface area contributed by atoms with Crippen LogP contribution >= 0.6 is 15.9 Å². The Bertz CT molecular complexity index is 411. The van der Waals surface area contributed by atoms with Crippen LogP contribution in [-0.4, -0.2) is 4.57 Å². The Balaban J connectivity index is 2.29. The average Bonchev–Trinajstić information content (AvgIpc) is 2.33. The van der Waals surface area contributed by atoms with Crippen molar-refractivity contribution < 1.29 is 0 Å². The molecule has 1 aromatic heterocycles. The number of aryl methyl sites for hydroxylation is 2. The van der Waals surface area contributed by atoms with Gasteiger partial charge in [-0.2, -0.15) is 0 Å². The van der Waals surface area contributed by atoms with Crippen molar-refractivity contribution in [1.29, 1.82) is 0 Å². The van der Waals surface area contributed by atoms with Gasteiger partial charge in [-0.05, 0) is 35.3 Å². The highest BCUT2D eigenvalue weighted by Crippen LogP contribution is 2.10. The third kappa shape index (κ3) is 5.38.